The van der Waals surface area contributed by atoms with E-state index in [1.165, 1.54) is 0 Å². The third kappa shape index (κ3) is 3.93. The molecule has 4 nitrogen and oxygen atoms in total. The molecule has 1 heterocycles. The summed E-state index contributed by atoms with van der Waals surface area (Å²) in [4.78, 5) is 8.20. The van der Waals surface area contributed by atoms with Crippen LogP contribution in [0.1, 0.15) is 6.42 Å². The van der Waals surface area contributed by atoms with Crippen molar-refractivity contribution < 1.29 is 4.74 Å². The molecule has 1 N–H and O–H groups in total. The molecular formula is C9H15N3OS. The molecule has 0 fully saturated rings. The topological polar surface area (TPSA) is 47.0 Å². The maximum atomic E-state index is 4.97. The van der Waals surface area contributed by atoms with Crippen molar-refractivity contribution in [3.63, 3.8) is 0 Å². The van der Waals surface area contributed by atoms with Crippen molar-refractivity contribution in [2.45, 2.75) is 11.4 Å². The minimum absolute atomic E-state index is 0.803. The molecule has 0 radical (unpaired) electrons. The van der Waals surface area contributed by atoms with E-state index in [4.69, 9.17) is 4.74 Å². The summed E-state index contributed by atoms with van der Waals surface area (Å²) in [7, 11) is 3.57. The summed E-state index contributed by atoms with van der Waals surface area (Å²) in [6, 6.07) is 1.94. The Balaban J connectivity index is 2.34. The number of nitrogens with one attached hydrogen (secondary N) is 1. The van der Waals surface area contributed by atoms with E-state index < -0.39 is 0 Å². The van der Waals surface area contributed by atoms with E-state index in [-0.39, 0.29) is 0 Å². The largest absolute Gasteiger partial charge is 0.385 e. The maximum absolute atomic E-state index is 4.97. The lowest BCUT2D eigenvalue weighted by Gasteiger charge is -2.02. The lowest BCUT2D eigenvalue weighted by atomic mass is 10.5. The molecule has 0 bridgehead atoms. The van der Waals surface area contributed by atoms with Gasteiger partial charge in [-0.05, 0) is 6.42 Å². The van der Waals surface area contributed by atoms with Gasteiger partial charge in [0.1, 0.15) is 17.2 Å². The van der Waals surface area contributed by atoms with Crippen LogP contribution in [-0.2, 0) is 4.74 Å². The fourth-order valence-electron chi connectivity index (χ4n) is 0.935. The van der Waals surface area contributed by atoms with Gasteiger partial charge in [-0.2, -0.15) is 0 Å². The zero-order valence-corrected chi connectivity index (χ0v) is 9.30. The normalized spacial score (nSPS) is 10.1. The van der Waals surface area contributed by atoms with Crippen LogP contribution in [0.5, 0.6) is 0 Å². The van der Waals surface area contributed by atoms with Crippen LogP contribution in [-0.4, -0.2) is 36.5 Å². The zero-order chi connectivity index (χ0) is 10.2. The smallest absolute Gasteiger partial charge is 0.130 e. The molecule has 0 aromatic carbocycles. The van der Waals surface area contributed by atoms with Gasteiger partial charge in [-0.3, -0.25) is 0 Å². The first-order valence-electron chi connectivity index (χ1n) is 4.48. The van der Waals surface area contributed by atoms with E-state index in [1.807, 2.05) is 13.1 Å². The number of rotatable bonds is 6. The zero-order valence-electron chi connectivity index (χ0n) is 8.49. The first-order valence-corrected chi connectivity index (χ1v) is 5.47. The highest BCUT2D eigenvalue weighted by atomic mass is 32.2. The monoisotopic (exact) mass is 213 g/mol. The van der Waals surface area contributed by atoms with E-state index in [0.29, 0.717) is 0 Å². The molecule has 0 saturated carbocycles. The Morgan fingerprint density at radius 2 is 2.36 bits per heavy atom. The molecule has 0 atom stereocenters. The van der Waals surface area contributed by atoms with E-state index in [2.05, 4.69) is 15.3 Å². The van der Waals surface area contributed by atoms with Crippen LogP contribution in [0.15, 0.2) is 17.4 Å². The average molecular weight is 213 g/mol. The highest BCUT2D eigenvalue weighted by Gasteiger charge is 1.97. The Hall–Kier alpha value is -0.810. The molecule has 0 aliphatic heterocycles. The summed E-state index contributed by atoms with van der Waals surface area (Å²) in [5.41, 5.74) is 0. The summed E-state index contributed by atoms with van der Waals surface area (Å²) in [5, 5.41) is 3.98. The fraction of sp³-hybridized carbons (Fsp3) is 0.556. The van der Waals surface area contributed by atoms with Crippen molar-refractivity contribution in [1.82, 2.24) is 9.97 Å². The number of nitrogens with zero attached hydrogens (tertiary/aromatic N) is 2. The van der Waals surface area contributed by atoms with E-state index in [1.54, 1.807) is 25.2 Å². The van der Waals surface area contributed by atoms with Crippen LogP contribution >= 0.6 is 11.8 Å². The minimum Gasteiger partial charge on any atom is -0.385 e. The molecule has 5 heteroatoms. The highest BCUT2D eigenvalue weighted by Crippen LogP contribution is 2.17. The van der Waals surface area contributed by atoms with Crippen molar-refractivity contribution in [2.24, 2.45) is 0 Å². The van der Waals surface area contributed by atoms with Gasteiger partial charge in [0.05, 0.1) is 0 Å². The van der Waals surface area contributed by atoms with Crippen molar-refractivity contribution in [1.29, 1.82) is 0 Å². The predicted octanol–water partition coefficient (Wildman–Crippen LogP) is 1.65. The second kappa shape index (κ2) is 6.62. The van der Waals surface area contributed by atoms with Gasteiger partial charge in [-0.25, -0.2) is 9.97 Å². The van der Waals surface area contributed by atoms with Gasteiger partial charge in [-0.1, -0.05) is 0 Å². The molecule has 0 aliphatic carbocycles. The lowest BCUT2D eigenvalue weighted by molar-refractivity contribution is 0.200. The highest BCUT2D eigenvalue weighted by molar-refractivity contribution is 7.99. The minimum atomic E-state index is 0.803. The van der Waals surface area contributed by atoms with Crippen molar-refractivity contribution in [3.05, 3.63) is 12.4 Å². The van der Waals surface area contributed by atoms with Crippen LogP contribution in [0.4, 0.5) is 5.82 Å². The van der Waals surface area contributed by atoms with Crippen LogP contribution in [0.3, 0.4) is 0 Å². The third-order valence-electron chi connectivity index (χ3n) is 1.64. The molecule has 14 heavy (non-hydrogen) atoms. The molecule has 78 valence electrons. The fourth-order valence-corrected chi connectivity index (χ4v) is 1.72. The molecule has 0 saturated heterocycles. The Bertz CT molecular complexity index is 270. The SMILES string of the molecule is CNc1cc(SCCCOC)ncn1. The standard InChI is InChI=1S/C9H15N3OS/c1-10-8-6-9(12-7-11-8)14-5-3-4-13-2/h6-7H,3-5H2,1-2H3,(H,10,11,12). The molecule has 0 aliphatic rings. The summed E-state index contributed by atoms with van der Waals surface area (Å²) < 4.78 is 4.97. The average Bonchev–Trinajstić information content (AvgIpc) is 2.25. The van der Waals surface area contributed by atoms with Gasteiger partial charge in [0.25, 0.3) is 0 Å². The molecule has 0 spiro atoms. The molecule has 0 amide bonds. The number of hydrogen-bond donors (Lipinski definition) is 1. The van der Waals surface area contributed by atoms with Crippen LogP contribution < -0.4 is 5.32 Å². The molecule has 1 aromatic heterocycles. The number of ether oxygens (including phenoxy) is 1. The molecular weight excluding hydrogens is 198 g/mol. The number of aromatic nitrogens is 2. The predicted molar refractivity (Wildman–Crippen MR) is 58.8 cm³/mol. The number of methoxy groups -OCH3 is 1. The number of anilines is 1. The van der Waals surface area contributed by atoms with Crippen molar-refractivity contribution >= 4 is 17.6 Å². The van der Waals surface area contributed by atoms with E-state index in [9.17, 15) is 0 Å². The van der Waals surface area contributed by atoms with Gasteiger partial charge >= 0.3 is 0 Å². The molecule has 1 aromatic rings. The summed E-state index contributed by atoms with van der Waals surface area (Å²) in [6.07, 6.45) is 2.62. The molecule has 0 unspecified atom stereocenters. The van der Waals surface area contributed by atoms with Crippen LogP contribution in [0, 0.1) is 0 Å². The maximum Gasteiger partial charge on any atom is 0.130 e. The Morgan fingerprint density at radius 1 is 1.50 bits per heavy atom. The number of thioether (sulfide) groups is 1. The first kappa shape index (κ1) is 11.3. The second-order valence-corrected chi connectivity index (χ2v) is 3.80. The van der Waals surface area contributed by atoms with Crippen molar-refractivity contribution in [3.8, 4) is 0 Å². The Labute approximate surface area is 88.5 Å². The lowest BCUT2D eigenvalue weighted by Crippen LogP contribution is -1.94. The molecule has 1 rings (SSSR count). The summed E-state index contributed by atoms with van der Waals surface area (Å²) >= 11 is 1.72. The first-order chi connectivity index (χ1) is 6.86. The summed E-state index contributed by atoms with van der Waals surface area (Å²) in [5.74, 6) is 1.88. The quantitative estimate of drug-likeness (QED) is 0.442. The van der Waals surface area contributed by atoms with Gasteiger partial charge in [-0.15, -0.1) is 11.8 Å². The number of hydrogen-bond acceptors (Lipinski definition) is 5. The van der Waals surface area contributed by atoms with Crippen LogP contribution in [0.25, 0.3) is 0 Å². The van der Waals surface area contributed by atoms with Crippen molar-refractivity contribution in [2.75, 3.05) is 31.8 Å². The van der Waals surface area contributed by atoms with E-state index in [0.717, 1.165) is 29.6 Å². The van der Waals surface area contributed by atoms with Gasteiger partial charge in [0, 0.05) is 32.6 Å². The summed E-state index contributed by atoms with van der Waals surface area (Å²) in [6.45, 7) is 0.803. The van der Waals surface area contributed by atoms with Gasteiger partial charge in [0.15, 0.2) is 0 Å². The van der Waals surface area contributed by atoms with Gasteiger partial charge in [0.2, 0.25) is 0 Å². The Morgan fingerprint density at radius 3 is 3.07 bits per heavy atom. The Kier molecular flexibility index (Phi) is 5.32. The van der Waals surface area contributed by atoms with Crippen LogP contribution in [0.2, 0.25) is 0 Å². The van der Waals surface area contributed by atoms with Gasteiger partial charge < -0.3 is 10.1 Å². The second-order valence-electron chi connectivity index (χ2n) is 2.69. The third-order valence-corrected chi connectivity index (χ3v) is 2.65. The van der Waals surface area contributed by atoms with E-state index >= 15 is 0 Å².